The Labute approximate surface area is 113 Å². The van der Waals surface area contributed by atoms with E-state index >= 15 is 0 Å². The summed E-state index contributed by atoms with van der Waals surface area (Å²) in [6.45, 7) is 5.85. The molecule has 5 heteroatoms. The Hall–Kier alpha value is -2.04. The molecule has 1 rings (SSSR count). The number of hydrogen-bond donors (Lipinski definition) is 2. The molecule has 0 saturated heterocycles. The third-order valence-electron chi connectivity index (χ3n) is 3.43. The van der Waals surface area contributed by atoms with Crippen molar-refractivity contribution in [1.82, 2.24) is 0 Å². The van der Waals surface area contributed by atoms with Gasteiger partial charge < -0.3 is 15.8 Å². The van der Waals surface area contributed by atoms with Crippen molar-refractivity contribution in [3.63, 3.8) is 0 Å². The van der Waals surface area contributed by atoms with Crippen LogP contribution in [0, 0.1) is 5.41 Å². The second-order valence-electron chi connectivity index (χ2n) is 5.13. The molecule has 0 atom stereocenters. The first-order valence-electron chi connectivity index (χ1n) is 6.19. The minimum atomic E-state index is -0.390. The highest BCUT2D eigenvalue weighted by Gasteiger charge is 2.28. The van der Waals surface area contributed by atoms with Gasteiger partial charge >= 0.3 is 0 Å². The summed E-state index contributed by atoms with van der Waals surface area (Å²) in [6.07, 6.45) is 0.776. The Kier molecular flexibility index (Phi) is 4.53. The number of amides is 1. The van der Waals surface area contributed by atoms with Gasteiger partial charge in [0, 0.05) is 23.7 Å². The molecule has 0 radical (unpaired) electrons. The van der Waals surface area contributed by atoms with Gasteiger partial charge in [-0.3, -0.25) is 4.79 Å². The van der Waals surface area contributed by atoms with Gasteiger partial charge in [-0.25, -0.2) is 0 Å². The maximum atomic E-state index is 12.3. The zero-order chi connectivity index (χ0) is 14.6. The normalized spacial score (nSPS) is 12.3. The quantitative estimate of drug-likeness (QED) is 0.378. The molecule has 0 aromatic heterocycles. The van der Waals surface area contributed by atoms with Crippen molar-refractivity contribution in [2.24, 2.45) is 16.3 Å². The van der Waals surface area contributed by atoms with Crippen molar-refractivity contribution in [1.29, 1.82) is 0 Å². The van der Waals surface area contributed by atoms with Crippen LogP contribution in [0.15, 0.2) is 29.4 Å². The van der Waals surface area contributed by atoms with Crippen LogP contribution in [0.3, 0.4) is 0 Å². The highest BCUT2D eigenvalue weighted by Crippen LogP contribution is 2.25. The Morgan fingerprint density at radius 2 is 1.89 bits per heavy atom. The molecular formula is C14H21N3O2. The van der Waals surface area contributed by atoms with Crippen molar-refractivity contribution in [3.05, 3.63) is 29.8 Å². The molecule has 0 saturated carbocycles. The minimum absolute atomic E-state index is 0.0504. The number of oxime groups is 1. The van der Waals surface area contributed by atoms with Crippen LogP contribution in [-0.2, 0) is 4.79 Å². The lowest BCUT2D eigenvalue weighted by Gasteiger charge is -2.28. The van der Waals surface area contributed by atoms with E-state index in [-0.39, 0.29) is 17.2 Å². The van der Waals surface area contributed by atoms with Crippen molar-refractivity contribution in [2.75, 3.05) is 11.9 Å². The third kappa shape index (κ3) is 3.24. The van der Waals surface area contributed by atoms with Crippen molar-refractivity contribution >= 4 is 17.4 Å². The monoisotopic (exact) mass is 263 g/mol. The number of nitrogens with zero attached hydrogens (tertiary/aromatic N) is 2. The molecule has 0 fully saturated rings. The number of carbonyl (C=O) groups excluding carboxylic acids is 1. The van der Waals surface area contributed by atoms with Crippen LogP contribution < -0.4 is 10.6 Å². The van der Waals surface area contributed by atoms with E-state index in [1.165, 1.54) is 0 Å². The lowest BCUT2D eigenvalue weighted by Crippen LogP contribution is -2.38. The second-order valence-corrected chi connectivity index (χ2v) is 5.13. The summed E-state index contributed by atoms with van der Waals surface area (Å²) >= 11 is 0. The molecule has 0 aliphatic carbocycles. The Bertz CT molecular complexity index is 478. The molecule has 0 aliphatic rings. The van der Waals surface area contributed by atoms with Crippen LogP contribution in [0.25, 0.3) is 0 Å². The van der Waals surface area contributed by atoms with E-state index in [0.717, 1.165) is 12.1 Å². The lowest BCUT2D eigenvalue weighted by molar-refractivity contribution is -0.126. The van der Waals surface area contributed by atoms with E-state index in [4.69, 9.17) is 10.9 Å². The number of anilines is 1. The van der Waals surface area contributed by atoms with Crippen LogP contribution in [0.5, 0.6) is 0 Å². The molecule has 0 aliphatic heterocycles. The fourth-order valence-corrected chi connectivity index (χ4v) is 1.64. The van der Waals surface area contributed by atoms with Gasteiger partial charge in [0.1, 0.15) is 0 Å². The van der Waals surface area contributed by atoms with Crippen LogP contribution in [0.4, 0.5) is 5.69 Å². The minimum Gasteiger partial charge on any atom is -0.409 e. The fourth-order valence-electron chi connectivity index (χ4n) is 1.64. The molecule has 0 spiro atoms. The molecule has 104 valence electrons. The average molecular weight is 263 g/mol. The number of nitrogens with two attached hydrogens (primary N) is 1. The molecular weight excluding hydrogens is 242 g/mol. The van der Waals surface area contributed by atoms with Gasteiger partial charge in [-0.1, -0.05) is 25.9 Å². The molecule has 1 aromatic carbocycles. The lowest BCUT2D eigenvalue weighted by atomic mass is 9.88. The number of carbonyl (C=O) groups is 1. The SMILES string of the molecule is CCC(C)(C)C(=O)N(C)c1ccc(C(N)=NO)cc1. The van der Waals surface area contributed by atoms with Crippen molar-refractivity contribution < 1.29 is 10.0 Å². The van der Waals surface area contributed by atoms with Gasteiger partial charge in [0.05, 0.1) is 0 Å². The number of rotatable bonds is 4. The largest absolute Gasteiger partial charge is 0.409 e. The Morgan fingerprint density at radius 1 is 1.37 bits per heavy atom. The molecule has 0 unspecified atom stereocenters. The van der Waals surface area contributed by atoms with Crippen molar-refractivity contribution in [3.8, 4) is 0 Å². The summed E-state index contributed by atoms with van der Waals surface area (Å²) < 4.78 is 0. The first-order valence-corrected chi connectivity index (χ1v) is 6.19. The summed E-state index contributed by atoms with van der Waals surface area (Å²) in [4.78, 5) is 13.9. The predicted octanol–water partition coefficient (Wildman–Crippen LogP) is 2.18. The molecule has 19 heavy (non-hydrogen) atoms. The highest BCUT2D eigenvalue weighted by molar-refractivity contribution is 5.99. The van der Waals surface area contributed by atoms with Gasteiger partial charge in [-0.15, -0.1) is 0 Å². The third-order valence-corrected chi connectivity index (χ3v) is 3.43. The molecule has 1 amide bonds. The number of benzene rings is 1. The summed E-state index contributed by atoms with van der Waals surface area (Å²) in [7, 11) is 1.75. The van der Waals surface area contributed by atoms with E-state index in [2.05, 4.69) is 5.16 Å². The van der Waals surface area contributed by atoms with Gasteiger partial charge in [0.15, 0.2) is 5.84 Å². The first kappa shape index (κ1) is 15.0. The molecule has 5 nitrogen and oxygen atoms in total. The second kappa shape index (κ2) is 5.73. The summed E-state index contributed by atoms with van der Waals surface area (Å²) in [5.74, 6) is 0.112. The number of amidine groups is 1. The predicted molar refractivity (Wildman–Crippen MR) is 76.4 cm³/mol. The average Bonchev–Trinajstić information content (AvgIpc) is 2.44. The Balaban J connectivity index is 2.96. The van der Waals surface area contributed by atoms with E-state index in [0.29, 0.717) is 5.56 Å². The zero-order valence-corrected chi connectivity index (χ0v) is 11.8. The number of hydrogen-bond acceptors (Lipinski definition) is 3. The van der Waals surface area contributed by atoms with E-state index in [1.54, 1.807) is 36.2 Å². The maximum Gasteiger partial charge on any atom is 0.232 e. The van der Waals surface area contributed by atoms with Crippen LogP contribution in [-0.4, -0.2) is 24.0 Å². The molecule has 0 bridgehead atoms. The standard InChI is InChI=1S/C14H21N3O2/c1-5-14(2,3)13(18)17(4)11-8-6-10(7-9-11)12(15)16-19/h6-9,19H,5H2,1-4H3,(H2,15,16). The fraction of sp³-hybridized carbons (Fsp3) is 0.429. The molecule has 0 heterocycles. The van der Waals surface area contributed by atoms with Crippen LogP contribution in [0.2, 0.25) is 0 Å². The van der Waals surface area contributed by atoms with Gasteiger partial charge in [-0.05, 0) is 30.7 Å². The highest BCUT2D eigenvalue weighted by atomic mass is 16.4. The molecule has 1 aromatic rings. The molecule has 3 N–H and O–H groups in total. The van der Waals surface area contributed by atoms with E-state index < -0.39 is 0 Å². The zero-order valence-electron chi connectivity index (χ0n) is 11.8. The van der Waals surface area contributed by atoms with Gasteiger partial charge in [-0.2, -0.15) is 0 Å². The summed E-state index contributed by atoms with van der Waals surface area (Å²) in [5, 5.41) is 11.5. The topological polar surface area (TPSA) is 78.9 Å². The van der Waals surface area contributed by atoms with Crippen molar-refractivity contribution in [2.45, 2.75) is 27.2 Å². The smallest absolute Gasteiger partial charge is 0.232 e. The van der Waals surface area contributed by atoms with E-state index in [9.17, 15) is 4.79 Å². The summed E-state index contributed by atoms with van der Waals surface area (Å²) in [6, 6.07) is 6.98. The van der Waals surface area contributed by atoms with Crippen LogP contribution in [0.1, 0.15) is 32.8 Å². The summed E-state index contributed by atoms with van der Waals surface area (Å²) in [5.41, 5.74) is 6.49. The van der Waals surface area contributed by atoms with Gasteiger partial charge in [0.25, 0.3) is 0 Å². The van der Waals surface area contributed by atoms with Crippen LogP contribution >= 0.6 is 0 Å². The van der Waals surface area contributed by atoms with Gasteiger partial charge in [0.2, 0.25) is 5.91 Å². The first-order chi connectivity index (χ1) is 8.83. The van der Waals surface area contributed by atoms with E-state index in [1.807, 2.05) is 20.8 Å². The Morgan fingerprint density at radius 3 is 2.32 bits per heavy atom. The maximum absolute atomic E-state index is 12.3.